The number of benzene rings is 1. The number of hydrogen-bond donors (Lipinski definition) is 3. The minimum Gasteiger partial charge on any atom is -0.497 e. The van der Waals surface area contributed by atoms with Crippen molar-refractivity contribution in [3.05, 3.63) is 54.7 Å². The first-order valence-corrected chi connectivity index (χ1v) is 9.59. The molecular weight excluding hydrogens is 382 g/mol. The molecule has 0 amide bonds. The van der Waals surface area contributed by atoms with E-state index in [-0.39, 0.29) is 6.61 Å². The van der Waals surface area contributed by atoms with Crippen LogP contribution in [0, 0.1) is 0 Å². The van der Waals surface area contributed by atoms with Crippen molar-refractivity contribution >= 4 is 22.8 Å². The molecule has 1 aromatic carbocycles. The zero-order valence-electron chi connectivity index (χ0n) is 17.5. The fourth-order valence-electron chi connectivity index (χ4n) is 3.07. The number of anilines is 2. The van der Waals surface area contributed by atoms with E-state index in [0.717, 1.165) is 11.3 Å². The van der Waals surface area contributed by atoms with Crippen molar-refractivity contribution in [2.24, 2.45) is 0 Å². The van der Waals surface area contributed by atoms with Crippen molar-refractivity contribution < 1.29 is 14.6 Å². The third-order valence-electron chi connectivity index (χ3n) is 4.75. The summed E-state index contributed by atoms with van der Waals surface area (Å²) in [4.78, 5) is 13.6. The molecule has 2 aromatic heterocycles. The minimum atomic E-state index is -0.614. The van der Waals surface area contributed by atoms with Crippen LogP contribution < -0.4 is 20.1 Å². The lowest BCUT2D eigenvalue weighted by Crippen LogP contribution is -2.38. The Kier molecular flexibility index (Phi) is 6.68. The van der Waals surface area contributed by atoms with Gasteiger partial charge in [0.05, 0.1) is 31.9 Å². The number of aromatic nitrogens is 3. The predicted molar refractivity (Wildman–Crippen MR) is 118 cm³/mol. The second-order valence-electron chi connectivity index (χ2n) is 7.13. The van der Waals surface area contributed by atoms with Gasteiger partial charge in [-0.3, -0.25) is 4.98 Å². The van der Waals surface area contributed by atoms with Crippen LogP contribution in [0.3, 0.4) is 0 Å². The van der Waals surface area contributed by atoms with Crippen molar-refractivity contribution in [2.75, 3.05) is 31.5 Å². The van der Waals surface area contributed by atoms with Crippen LogP contribution >= 0.6 is 0 Å². The van der Waals surface area contributed by atoms with Crippen molar-refractivity contribution in [3.8, 4) is 11.5 Å². The minimum absolute atomic E-state index is 0.0802. The maximum atomic E-state index is 9.86. The molecule has 0 aliphatic carbocycles. The summed E-state index contributed by atoms with van der Waals surface area (Å²) >= 11 is 0. The van der Waals surface area contributed by atoms with Crippen LogP contribution in [0.4, 0.5) is 11.8 Å². The number of aliphatic hydroxyl groups is 1. The molecule has 30 heavy (non-hydrogen) atoms. The monoisotopic (exact) mass is 409 g/mol. The van der Waals surface area contributed by atoms with Gasteiger partial charge >= 0.3 is 0 Å². The largest absolute Gasteiger partial charge is 0.497 e. The summed E-state index contributed by atoms with van der Waals surface area (Å²) in [7, 11) is 3.23. The molecule has 0 aliphatic rings. The number of pyridine rings is 1. The number of methoxy groups -OCH3 is 2. The summed E-state index contributed by atoms with van der Waals surface area (Å²) in [6.07, 6.45) is 4.01. The smallest absolute Gasteiger partial charge is 0.225 e. The first kappa shape index (κ1) is 21.3. The van der Waals surface area contributed by atoms with E-state index in [4.69, 9.17) is 9.47 Å². The van der Waals surface area contributed by atoms with E-state index in [1.807, 2.05) is 37.3 Å². The number of aliphatic hydroxyl groups excluding tert-OH is 1. The van der Waals surface area contributed by atoms with Gasteiger partial charge < -0.3 is 25.2 Å². The summed E-state index contributed by atoms with van der Waals surface area (Å²) in [5.74, 6) is 2.42. The van der Waals surface area contributed by atoms with Crippen molar-refractivity contribution in [2.45, 2.75) is 25.4 Å². The molecule has 0 saturated heterocycles. The molecule has 158 valence electrons. The third-order valence-corrected chi connectivity index (χ3v) is 4.75. The molecule has 8 nitrogen and oxygen atoms in total. The van der Waals surface area contributed by atoms with Gasteiger partial charge in [-0.1, -0.05) is 6.08 Å². The van der Waals surface area contributed by atoms with Crippen LogP contribution in [0.15, 0.2) is 49.2 Å². The van der Waals surface area contributed by atoms with Gasteiger partial charge in [-0.25, -0.2) is 4.98 Å². The maximum Gasteiger partial charge on any atom is 0.225 e. The van der Waals surface area contributed by atoms with E-state index in [1.165, 1.54) is 0 Å². The Bertz CT molecular complexity index is 1030. The van der Waals surface area contributed by atoms with E-state index in [0.29, 0.717) is 41.5 Å². The Balaban J connectivity index is 1.91. The molecule has 0 bridgehead atoms. The molecular formula is C22H27N5O3. The Morgan fingerprint density at radius 1 is 1.20 bits per heavy atom. The Morgan fingerprint density at radius 2 is 2.03 bits per heavy atom. The van der Waals surface area contributed by atoms with E-state index in [9.17, 15) is 5.11 Å². The van der Waals surface area contributed by atoms with Crippen LogP contribution in [0.1, 0.15) is 18.9 Å². The van der Waals surface area contributed by atoms with E-state index >= 15 is 0 Å². The van der Waals surface area contributed by atoms with E-state index in [1.54, 1.807) is 26.5 Å². The first-order chi connectivity index (χ1) is 14.5. The second-order valence-corrected chi connectivity index (χ2v) is 7.13. The summed E-state index contributed by atoms with van der Waals surface area (Å²) in [6.45, 7) is 6.06. The zero-order chi connectivity index (χ0) is 21.6. The normalized spacial score (nSPS) is 12.8. The van der Waals surface area contributed by atoms with Crippen LogP contribution in [0.25, 0.3) is 11.0 Å². The average Bonchev–Trinajstić information content (AvgIpc) is 2.77. The summed E-state index contributed by atoms with van der Waals surface area (Å²) in [6, 6.07) is 9.33. The molecule has 3 rings (SSSR count). The summed E-state index contributed by atoms with van der Waals surface area (Å²) in [5, 5.41) is 16.4. The molecule has 0 radical (unpaired) electrons. The highest BCUT2D eigenvalue weighted by atomic mass is 16.5. The van der Waals surface area contributed by atoms with Gasteiger partial charge in [0.25, 0.3) is 0 Å². The molecule has 0 aliphatic heterocycles. The second kappa shape index (κ2) is 9.41. The maximum absolute atomic E-state index is 9.86. The van der Waals surface area contributed by atoms with Crippen molar-refractivity contribution in [3.63, 3.8) is 0 Å². The first-order valence-electron chi connectivity index (χ1n) is 9.59. The quantitative estimate of drug-likeness (QED) is 0.438. The number of rotatable bonds is 10. The lowest BCUT2D eigenvalue weighted by atomic mass is 9.99. The molecule has 2 heterocycles. The van der Waals surface area contributed by atoms with Gasteiger partial charge in [0.2, 0.25) is 5.95 Å². The molecule has 3 N–H and O–H groups in total. The van der Waals surface area contributed by atoms with Gasteiger partial charge in [0, 0.05) is 24.4 Å². The summed E-state index contributed by atoms with van der Waals surface area (Å²) in [5.41, 5.74) is 1.65. The molecule has 0 fully saturated rings. The fourth-order valence-corrected chi connectivity index (χ4v) is 3.07. The number of ether oxygens (including phenoxy) is 2. The van der Waals surface area contributed by atoms with Gasteiger partial charge in [-0.15, -0.1) is 6.58 Å². The van der Waals surface area contributed by atoms with Crippen LogP contribution in [-0.2, 0) is 6.54 Å². The molecule has 0 spiro atoms. The Morgan fingerprint density at radius 3 is 2.73 bits per heavy atom. The van der Waals surface area contributed by atoms with E-state index in [2.05, 4.69) is 32.2 Å². The molecule has 8 heteroatoms. The Hall–Kier alpha value is -3.39. The standard InChI is InChI=1S/C22H27N5O3/c1-5-10-22(2,14-28)27-20-19-17(7-6-11-23-19)25-21(26-20)24-13-15-8-9-16(29-3)12-18(15)30-4/h5-9,11-12,28H,1,10,13-14H2,2-4H3,(H2,24,25,26,27)/t22-/m1/s1. The lowest BCUT2D eigenvalue weighted by molar-refractivity contribution is 0.223. The average molecular weight is 409 g/mol. The van der Waals surface area contributed by atoms with Crippen LogP contribution in [0.5, 0.6) is 11.5 Å². The number of nitrogens with one attached hydrogen (secondary N) is 2. The van der Waals surface area contributed by atoms with Crippen LogP contribution in [0.2, 0.25) is 0 Å². The molecule has 0 saturated carbocycles. The van der Waals surface area contributed by atoms with Gasteiger partial charge in [-0.2, -0.15) is 4.98 Å². The van der Waals surface area contributed by atoms with Crippen molar-refractivity contribution in [1.82, 2.24) is 15.0 Å². The third kappa shape index (κ3) is 4.77. The van der Waals surface area contributed by atoms with Crippen LogP contribution in [-0.4, -0.2) is 46.4 Å². The number of hydrogen-bond acceptors (Lipinski definition) is 8. The zero-order valence-corrected chi connectivity index (χ0v) is 17.5. The predicted octanol–water partition coefficient (Wildman–Crippen LogP) is 3.39. The highest BCUT2D eigenvalue weighted by Gasteiger charge is 2.24. The lowest BCUT2D eigenvalue weighted by Gasteiger charge is -2.28. The topological polar surface area (TPSA) is 101 Å². The van der Waals surface area contributed by atoms with Gasteiger partial charge in [0.1, 0.15) is 17.0 Å². The fraction of sp³-hybridized carbons (Fsp3) is 0.318. The van der Waals surface area contributed by atoms with Crippen molar-refractivity contribution in [1.29, 1.82) is 0 Å². The Labute approximate surface area is 176 Å². The number of fused-ring (bicyclic) bond motifs is 1. The van der Waals surface area contributed by atoms with E-state index < -0.39 is 5.54 Å². The molecule has 0 unspecified atom stereocenters. The SMILES string of the molecule is C=CC[C@](C)(CO)Nc1nc(NCc2ccc(OC)cc2OC)nc2cccnc12. The summed E-state index contributed by atoms with van der Waals surface area (Å²) < 4.78 is 10.7. The highest BCUT2D eigenvalue weighted by molar-refractivity contribution is 5.86. The molecule has 3 aromatic rings. The van der Waals surface area contributed by atoms with Gasteiger partial charge in [-0.05, 0) is 37.6 Å². The molecule has 1 atom stereocenters. The van der Waals surface area contributed by atoms with Gasteiger partial charge in [0.15, 0.2) is 5.82 Å². The number of nitrogens with zero attached hydrogens (tertiary/aromatic N) is 3. The highest BCUT2D eigenvalue weighted by Crippen LogP contribution is 2.27.